The zero-order valence-corrected chi connectivity index (χ0v) is 24.6. The highest BCUT2D eigenvalue weighted by Gasteiger charge is 2.19. The van der Waals surface area contributed by atoms with Gasteiger partial charge in [-0.2, -0.15) is 0 Å². The van der Waals surface area contributed by atoms with E-state index in [9.17, 15) is 0 Å². The fraction of sp³-hybridized carbons (Fsp3) is 0.556. The number of halogens is 5. The van der Waals surface area contributed by atoms with Crippen LogP contribution in [0.25, 0.3) is 0 Å². The van der Waals surface area contributed by atoms with Crippen LogP contribution in [-0.2, 0) is 6.42 Å². The molecule has 0 aliphatic carbocycles. The molecule has 2 saturated heterocycles. The molecular weight excluding hydrogens is 558 g/mol. The number of hydrogen-bond acceptors (Lipinski definition) is 4. The van der Waals surface area contributed by atoms with Crippen molar-refractivity contribution in [1.29, 1.82) is 0 Å². The van der Waals surface area contributed by atoms with Gasteiger partial charge >= 0.3 is 0 Å². The molecule has 0 atom stereocenters. The maximum Gasteiger partial charge on any atom is 0.0461 e. The van der Waals surface area contributed by atoms with Crippen molar-refractivity contribution in [1.82, 2.24) is 9.80 Å². The lowest BCUT2D eigenvalue weighted by Gasteiger charge is -2.36. The summed E-state index contributed by atoms with van der Waals surface area (Å²) in [7, 11) is 0. The molecule has 2 fully saturated rings. The quantitative estimate of drug-likeness (QED) is 0.291. The summed E-state index contributed by atoms with van der Waals surface area (Å²) in [6, 6.07) is 12.9. The van der Waals surface area contributed by atoms with Gasteiger partial charge in [0.05, 0.1) is 0 Å². The molecule has 0 aromatic heterocycles. The third-order valence-corrected chi connectivity index (χ3v) is 8.38. The van der Waals surface area contributed by atoms with Crippen molar-refractivity contribution in [3.8, 4) is 0 Å². The van der Waals surface area contributed by atoms with E-state index in [1.165, 1.54) is 11.4 Å². The molecule has 0 spiro atoms. The Bertz CT molecular complexity index is 868. The van der Waals surface area contributed by atoms with Gasteiger partial charge < -0.3 is 9.80 Å². The van der Waals surface area contributed by atoms with Gasteiger partial charge in [0, 0.05) is 92.0 Å². The summed E-state index contributed by atoms with van der Waals surface area (Å²) in [5.74, 6) is 1.47. The van der Waals surface area contributed by atoms with Crippen LogP contribution < -0.4 is 9.80 Å². The first-order valence-corrected chi connectivity index (χ1v) is 14.5. The van der Waals surface area contributed by atoms with Gasteiger partial charge in [0.25, 0.3) is 0 Å². The second-order valence-corrected chi connectivity index (χ2v) is 11.0. The van der Waals surface area contributed by atoms with E-state index in [0.29, 0.717) is 0 Å². The van der Waals surface area contributed by atoms with E-state index in [1.54, 1.807) is 0 Å². The van der Waals surface area contributed by atoms with Crippen molar-refractivity contribution in [2.24, 2.45) is 0 Å². The van der Waals surface area contributed by atoms with Gasteiger partial charge in [-0.05, 0) is 61.3 Å². The Kier molecular flexibility index (Phi) is 12.6. The zero-order valence-electron chi connectivity index (χ0n) is 20.8. The van der Waals surface area contributed by atoms with Gasteiger partial charge in [0.15, 0.2) is 0 Å². The van der Waals surface area contributed by atoms with Crippen LogP contribution in [0.4, 0.5) is 11.4 Å². The molecule has 4 rings (SSSR count). The maximum absolute atomic E-state index is 6.73. The van der Waals surface area contributed by atoms with Gasteiger partial charge in [0.2, 0.25) is 0 Å². The van der Waals surface area contributed by atoms with Crippen LogP contribution in [0.1, 0.15) is 24.0 Å². The van der Waals surface area contributed by atoms with Crippen molar-refractivity contribution in [2.75, 3.05) is 87.0 Å². The molecule has 0 N–H and O–H groups in total. The van der Waals surface area contributed by atoms with Crippen LogP contribution in [0.3, 0.4) is 0 Å². The van der Waals surface area contributed by atoms with Crippen LogP contribution in [0.2, 0.25) is 10.0 Å². The highest BCUT2D eigenvalue weighted by molar-refractivity contribution is 6.32. The van der Waals surface area contributed by atoms with Crippen LogP contribution in [-0.4, -0.2) is 87.0 Å². The average Bonchev–Trinajstić information content (AvgIpc) is 2.89. The first-order chi connectivity index (χ1) is 17.1. The minimum absolute atomic E-state index is 0. The van der Waals surface area contributed by atoms with Crippen molar-refractivity contribution >= 4 is 70.2 Å². The molecule has 0 bridgehead atoms. The molecule has 200 valence electrons. The lowest BCUT2D eigenvalue weighted by atomic mass is 10.0. The second-order valence-electron chi connectivity index (χ2n) is 9.47. The number of nitrogens with zero attached hydrogens (tertiary/aromatic N) is 4. The minimum Gasteiger partial charge on any atom is -0.369 e. The molecule has 0 saturated carbocycles. The second kappa shape index (κ2) is 15.1. The van der Waals surface area contributed by atoms with Crippen molar-refractivity contribution < 1.29 is 0 Å². The molecule has 0 amide bonds. The van der Waals surface area contributed by atoms with Gasteiger partial charge in [-0.3, -0.25) is 9.80 Å². The van der Waals surface area contributed by atoms with E-state index in [0.717, 1.165) is 118 Å². The van der Waals surface area contributed by atoms with E-state index >= 15 is 0 Å². The molecule has 2 aromatic carbocycles. The third-order valence-electron chi connectivity index (χ3n) is 7.15. The van der Waals surface area contributed by atoms with Crippen LogP contribution in [0.5, 0.6) is 0 Å². The smallest absolute Gasteiger partial charge is 0.0461 e. The number of benzene rings is 2. The Balaban J connectivity index is 0.00000361. The van der Waals surface area contributed by atoms with Crippen molar-refractivity contribution in [3.05, 3.63) is 57.6 Å². The summed E-state index contributed by atoms with van der Waals surface area (Å²) in [5.41, 5.74) is 4.61. The molecule has 9 heteroatoms. The SMILES string of the molecule is Cl.ClCCCN1CCN(c2ccc(Cc3ccc(N4CCN(CCCCl)CC4)cc3Cl)c(Cl)c2)CC1. The lowest BCUT2D eigenvalue weighted by Crippen LogP contribution is -2.46. The zero-order chi connectivity index (χ0) is 24.6. The Morgan fingerprint density at radius 3 is 1.31 bits per heavy atom. The summed E-state index contributed by atoms with van der Waals surface area (Å²) in [4.78, 5) is 9.82. The van der Waals surface area contributed by atoms with Crippen LogP contribution in [0.15, 0.2) is 36.4 Å². The summed E-state index contributed by atoms with van der Waals surface area (Å²) >= 11 is 25.2. The number of piperazine rings is 2. The highest BCUT2D eigenvalue weighted by atomic mass is 35.5. The first kappa shape index (κ1) is 30.0. The van der Waals surface area contributed by atoms with Gasteiger partial charge in [0.1, 0.15) is 0 Å². The fourth-order valence-corrected chi connectivity index (χ4v) is 5.71. The van der Waals surface area contributed by atoms with E-state index in [-0.39, 0.29) is 12.4 Å². The molecule has 0 radical (unpaired) electrons. The Labute approximate surface area is 242 Å². The summed E-state index contributed by atoms with van der Waals surface area (Å²) < 4.78 is 0. The molecular formula is C27H37Cl5N4. The number of anilines is 2. The number of hydrogen-bond donors (Lipinski definition) is 0. The number of alkyl halides is 2. The van der Waals surface area contributed by atoms with Crippen molar-refractivity contribution in [3.63, 3.8) is 0 Å². The average molecular weight is 595 g/mol. The van der Waals surface area contributed by atoms with E-state index in [2.05, 4.69) is 56.0 Å². The van der Waals surface area contributed by atoms with E-state index in [1.807, 2.05) is 0 Å². The standard InChI is InChI=1S/C27H36Cl4N4.ClH/c28-7-1-9-32-11-15-34(16-12-32)24-5-3-22(26(30)20-24)19-23-4-6-25(21-27(23)31)35-17-13-33(14-18-35)10-2-8-29;/h3-6,20-21H,1-2,7-19H2;1H. The summed E-state index contributed by atoms with van der Waals surface area (Å²) in [5, 5.41) is 1.61. The molecule has 4 nitrogen and oxygen atoms in total. The molecule has 2 aromatic rings. The lowest BCUT2D eigenvalue weighted by molar-refractivity contribution is 0.259. The molecule has 2 aliphatic rings. The summed E-state index contributed by atoms with van der Waals surface area (Å²) in [6.07, 6.45) is 2.84. The van der Waals surface area contributed by atoms with Gasteiger partial charge in [-0.25, -0.2) is 0 Å². The van der Waals surface area contributed by atoms with E-state index < -0.39 is 0 Å². The maximum atomic E-state index is 6.73. The molecule has 0 unspecified atom stereocenters. The topological polar surface area (TPSA) is 13.0 Å². The normalized spacial score (nSPS) is 17.3. The largest absolute Gasteiger partial charge is 0.369 e. The van der Waals surface area contributed by atoms with Crippen LogP contribution >= 0.6 is 58.8 Å². The Morgan fingerprint density at radius 1 is 0.583 bits per heavy atom. The minimum atomic E-state index is 0. The highest BCUT2D eigenvalue weighted by Crippen LogP contribution is 2.30. The molecule has 2 aliphatic heterocycles. The Hall–Kier alpha value is -0.590. The third kappa shape index (κ3) is 8.20. The fourth-order valence-electron chi connectivity index (χ4n) is 4.98. The van der Waals surface area contributed by atoms with Gasteiger partial charge in [-0.1, -0.05) is 35.3 Å². The predicted molar refractivity (Wildman–Crippen MR) is 161 cm³/mol. The molecule has 2 heterocycles. The monoisotopic (exact) mass is 592 g/mol. The van der Waals surface area contributed by atoms with E-state index in [4.69, 9.17) is 46.4 Å². The summed E-state index contributed by atoms with van der Waals surface area (Å²) in [6.45, 7) is 10.5. The Morgan fingerprint density at radius 2 is 0.972 bits per heavy atom. The first-order valence-electron chi connectivity index (χ1n) is 12.7. The molecule has 36 heavy (non-hydrogen) atoms. The predicted octanol–water partition coefficient (Wildman–Crippen LogP) is 6.51. The van der Waals surface area contributed by atoms with Gasteiger partial charge in [-0.15, -0.1) is 35.6 Å². The van der Waals surface area contributed by atoms with Crippen molar-refractivity contribution in [2.45, 2.75) is 19.3 Å². The number of rotatable bonds is 10. The van der Waals surface area contributed by atoms with Crippen LogP contribution in [0, 0.1) is 0 Å².